The van der Waals surface area contributed by atoms with E-state index in [1.54, 1.807) is 48.6 Å². The van der Waals surface area contributed by atoms with Gasteiger partial charge >= 0.3 is 0 Å². The molecule has 0 radical (unpaired) electrons. The minimum atomic E-state index is -3.88. The molecule has 45 heavy (non-hydrogen) atoms. The number of carbonyl (C=O) groups is 2. The number of sulfonamides is 1. The van der Waals surface area contributed by atoms with Crippen LogP contribution in [0.5, 0.6) is 23.0 Å². The van der Waals surface area contributed by atoms with Crippen LogP contribution in [0.4, 0.5) is 11.4 Å². The molecule has 0 unspecified atom stereocenters. The molecule has 1 aliphatic heterocycles. The second-order valence-electron chi connectivity index (χ2n) is 9.60. The van der Waals surface area contributed by atoms with Crippen molar-refractivity contribution in [2.75, 3.05) is 65.4 Å². The molecule has 13 heteroatoms. The van der Waals surface area contributed by atoms with Gasteiger partial charge < -0.3 is 34.3 Å². The summed E-state index contributed by atoms with van der Waals surface area (Å²) >= 11 is 0. The fourth-order valence-electron chi connectivity index (χ4n) is 4.44. The zero-order valence-electron chi connectivity index (χ0n) is 25.4. The Kier molecular flexibility index (Phi) is 11.2. The van der Waals surface area contributed by atoms with Gasteiger partial charge in [-0.15, -0.1) is 0 Å². The molecule has 0 aromatic heterocycles. The summed E-state index contributed by atoms with van der Waals surface area (Å²) in [4.78, 5) is 25.9. The Bertz CT molecular complexity index is 1700. The number of rotatable bonds is 12. The molecule has 0 saturated carbocycles. The minimum Gasteiger partial charge on any atom is -0.493 e. The molecule has 2 N–H and O–H groups in total. The van der Waals surface area contributed by atoms with Gasteiger partial charge in [-0.1, -0.05) is 12.1 Å². The van der Waals surface area contributed by atoms with Gasteiger partial charge in [0.25, 0.3) is 0 Å². The molecule has 0 spiro atoms. The lowest BCUT2D eigenvalue weighted by molar-refractivity contribution is -0.112. The van der Waals surface area contributed by atoms with E-state index in [1.165, 1.54) is 63.1 Å². The summed E-state index contributed by atoms with van der Waals surface area (Å²) < 4.78 is 54.4. The molecular weight excluding hydrogens is 602 g/mol. The number of hydrogen-bond acceptors (Lipinski definition) is 9. The lowest BCUT2D eigenvalue weighted by atomic mass is 10.2. The van der Waals surface area contributed by atoms with Crippen molar-refractivity contribution in [2.24, 2.45) is 0 Å². The second-order valence-corrected chi connectivity index (χ2v) is 11.5. The summed E-state index contributed by atoms with van der Waals surface area (Å²) in [5.41, 5.74) is 1.65. The Morgan fingerprint density at radius 3 is 1.67 bits per heavy atom. The summed E-state index contributed by atoms with van der Waals surface area (Å²) in [6.07, 6.45) is 5.74. The zero-order chi connectivity index (χ0) is 32.4. The average Bonchev–Trinajstić information content (AvgIpc) is 3.07. The van der Waals surface area contributed by atoms with E-state index in [0.29, 0.717) is 34.1 Å². The summed E-state index contributed by atoms with van der Waals surface area (Å²) in [6, 6.07) is 14.5. The molecular formula is C32H35N3O9S. The maximum Gasteiger partial charge on any atom is 0.248 e. The van der Waals surface area contributed by atoms with Gasteiger partial charge in [0.15, 0.2) is 23.0 Å². The van der Waals surface area contributed by atoms with E-state index in [0.717, 1.165) is 0 Å². The van der Waals surface area contributed by atoms with Crippen LogP contribution in [-0.2, 0) is 24.3 Å². The van der Waals surface area contributed by atoms with Crippen LogP contribution in [0.1, 0.15) is 11.1 Å². The number of benzene rings is 3. The van der Waals surface area contributed by atoms with Crippen LogP contribution < -0.4 is 29.6 Å². The van der Waals surface area contributed by atoms with Gasteiger partial charge in [0, 0.05) is 25.2 Å². The number of morpholine rings is 1. The first-order valence-electron chi connectivity index (χ1n) is 13.8. The van der Waals surface area contributed by atoms with Crippen molar-refractivity contribution in [1.29, 1.82) is 0 Å². The maximum absolute atomic E-state index is 13.3. The maximum atomic E-state index is 13.3. The van der Waals surface area contributed by atoms with E-state index in [1.807, 2.05) is 0 Å². The number of carbonyl (C=O) groups excluding carboxylic acids is 2. The van der Waals surface area contributed by atoms with E-state index in [2.05, 4.69) is 10.6 Å². The smallest absolute Gasteiger partial charge is 0.248 e. The first-order valence-corrected chi connectivity index (χ1v) is 15.3. The molecule has 0 atom stereocenters. The van der Waals surface area contributed by atoms with Crippen molar-refractivity contribution in [3.63, 3.8) is 0 Å². The lowest BCUT2D eigenvalue weighted by Gasteiger charge is -2.26. The minimum absolute atomic E-state index is 0.0394. The standard InChI is InChI=1S/C32H35N3O9S/c1-40-27-11-5-22(19-29(27)42-3)7-13-31(36)33-25-10-9-24(45(38,39)35-15-17-44-18-16-35)21-26(25)34-32(37)14-8-23-6-12-28(41-2)30(20-23)43-4/h5-14,19-21H,15-18H2,1-4H3,(H,33,36)(H,34,37)/b13-7+,14-8+. The molecule has 12 nitrogen and oxygen atoms in total. The molecule has 2 amide bonds. The molecule has 1 heterocycles. The van der Waals surface area contributed by atoms with E-state index < -0.39 is 21.8 Å². The summed E-state index contributed by atoms with van der Waals surface area (Å²) in [5.74, 6) is 1.02. The van der Waals surface area contributed by atoms with Crippen LogP contribution in [0.15, 0.2) is 71.6 Å². The SMILES string of the molecule is COc1ccc(/C=C/C(=O)Nc2ccc(S(=O)(=O)N3CCOCC3)cc2NC(=O)/C=C/c2ccc(OC)c(OC)c2)cc1OC. The molecule has 0 aliphatic carbocycles. The third-order valence-electron chi connectivity index (χ3n) is 6.78. The van der Waals surface area contributed by atoms with E-state index in [4.69, 9.17) is 23.7 Å². The highest BCUT2D eigenvalue weighted by atomic mass is 32.2. The highest BCUT2D eigenvalue weighted by molar-refractivity contribution is 7.89. The third kappa shape index (κ3) is 8.41. The van der Waals surface area contributed by atoms with Gasteiger partial charge in [0.05, 0.1) is 57.9 Å². The van der Waals surface area contributed by atoms with Crippen molar-refractivity contribution < 1.29 is 41.7 Å². The average molecular weight is 638 g/mol. The van der Waals surface area contributed by atoms with Crippen LogP contribution in [0.3, 0.4) is 0 Å². The number of methoxy groups -OCH3 is 4. The molecule has 1 saturated heterocycles. The van der Waals surface area contributed by atoms with Crippen molar-refractivity contribution in [3.8, 4) is 23.0 Å². The van der Waals surface area contributed by atoms with Crippen LogP contribution in [0, 0.1) is 0 Å². The van der Waals surface area contributed by atoms with Crippen LogP contribution in [0.25, 0.3) is 12.2 Å². The van der Waals surface area contributed by atoms with Gasteiger partial charge in [0.2, 0.25) is 21.8 Å². The summed E-state index contributed by atoms with van der Waals surface area (Å²) in [5, 5.41) is 5.41. The predicted molar refractivity (Wildman–Crippen MR) is 170 cm³/mol. The highest BCUT2D eigenvalue weighted by Crippen LogP contribution is 2.30. The number of anilines is 2. The number of nitrogens with one attached hydrogen (secondary N) is 2. The molecule has 238 valence electrons. The summed E-state index contributed by atoms with van der Waals surface area (Å²) in [6.45, 7) is 0.976. The van der Waals surface area contributed by atoms with Crippen LogP contribution in [-0.4, -0.2) is 79.3 Å². The summed E-state index contributed by atoms with van der Waals surface area (Å²) in [7, 11) is 2.19. The Labute approximate surface area is 262 Å². The Balaban J connectivity index is 1.59. The fourth-order valence-corrected chi connectivity index (χ4v) is 5.87. The first kappa shape index (κ1) is 33.1. The van der Waals surface area contributed by atoms with Crippen molar-refractivity contribution in [2.45, 2.75) is 4.90 Å². The zero-order valence-corrected chi connectivity index (χ0v) is 26.2. The first-order chi connectivity index (χ1) is 21.7. The monoisotopic (exact) mass is 637 g/mol. The molecule has 3 aromatic carbocycles. The molecule has 0 bridgehead atoms. The number of ether oxygens (including phenoxy) is 5. The molecule has 1 fully saturated rings. The quantitative estimate of drug-likeness (QED) is 0.282. The van der Waals surface area contributed by atoms with Gasteiger partial charge in [-0.3, -0.25) is 9.59 Å². The largest absolute Gasteiger partial charge is 0.493 e. The Morgan fingerprint density at radius 1 is 0.689 bits per heavy atom. The third-order valence-corrected chi connectivity index (χ3v) is 8.68. The van der Waals surface area contributed by atoms with Crippen LogP contribution >= 0.6 is 0 Å². The topological polar surface area (TPSA) is 142 Å². The normalized spacial score (nSPS) is 13.9. The Morgan fingerprint density at radius 2 is 1.18 bits per heavy atom. The van der Waals surface area contributed by atoms with Crippen LogP contribution in [0.2, 0.25) is 0 Å². The van der Waals surface area contributed by atoms with Crippen molar-refractivity contribution >= 4 is 45.4 Å². The van der Waals surface area contributed by atoms with Gasteiger partial charge in [-0.2, -0.15) is 4.31 Å². The van der Waals surface area contributed by atoms with E-state index in [-0.39, 0.29) is 42.6 Å². The number of amides is 2. The van der Waals surface area contributed by atoms with Crippen molar-refractivity contribution in [1.82, 2.24) is 4.31 Å². The predicted octanol–water partition coefficient (Wildman–Crippen LogP) is 4.05. The van der Waals surface area contributed by atoms with E-state index >= 15 is 0 Å². The number of nitrogens with zero attached hydrogens (tertiary/aromatic N) is 1. The molecule has 1 aliphatic rings. The Hall–Kier alpha value is -4.85. The van der Waals surface area contributed by atoms with Gasteiger partial charge in [0.1, 0.15) is 0 Å². The highest BCUT2D eigenvalue weighted by Gasteiger charge is 2.27. The molecule has 4 rings (SSSR count). The fraction of sp³-hybridized carbons (Fsp3) is 0.250. The van der Waals surface area contributed by atoms with Gasteiger partial charge in [-0.25, -0.2) is 8.42 Å². The van der Waals surface area contributed by atoms with Crippen molar-refractivity contribution in [3.05, 3.63) is 77.9 Å². The lowest BCUT2D eigenvalue weighted by Crippen LogP contribution is -2.40. The molecule has 3 aromatic rings. The van der Waals surface area contributed by atoms with Gasteiger partial charge in [-0.05, 0) is 65.7 Å². The number of hydrogen-bond donors (Lipinski definition) is 2. The second kappa shape index (κ2) is 15.2. The van der Waals surface area contributed by atoms with E-state index in [9.17, 15) is 18.0 Å².